The van der Waals surface area contributed by atoms with Crippen LogP contribution in [0.15, 0.2) is 5.16 Å². The third-order valence-electron chi connectivity index (χ3n) is 3.00. The topological polar surface area (TPSA) is 99.4 Å². The highest BCUT2D eigenvalue weighted by Gasteiger charge is 2.40. The van der Waals surface area contributed by atoms with E-state index in [0.29, 0.717) is 5.92 Å². The minimum Gasteiger partial charge on any atom is -0.473 e. The quantitative estimate of drug-likeness (QED) is 0.435. The van der Waals surface area contributed by atoms with E-state index in [4.69, 9.17) is 24.6 Å². The number of fused-ring (bicyclic) bond motifs is 2. The van der Waals surface area contributed by atoms with Crippen LogP contribution in [0, 0.1) is 11.8 Å². The highest BCUT2D eigenvalue weighted by molar-refractivity contribution is 9.18. The molecule has 2 aliphatic heterocycles. The first kappa shape index (κ1) is 14.9. The van der Waals surface area contributed by atoms with Crippen LogP contribution in [-0.4, -0.2) is 58.4 Å². The summed E-state index contributed by atoms with van der Waals surface area (Å²) in [5, 5.41) is 18.7. The lowest BCUT2D eigenvalue weighted by molar-refractivity contribution is -0.159. The van der Waals surface area contributed by atoms with Gasteiger partial charge in [-0.15, -0.1) is 0 Å². The maximum Gasteiger partial charge on any atom is 0.414 e. The fraction of sp³-hybridized carbons (Fsp3) is 0.700. The minimum absolute atomic E-state index is 0.582. The zero-order valence-electron chi connectivity index (χ0n) is 9.87. The first-order valence-corrected chi connectivity index (χ1v) is 6.20. The third kappa shape index (κ3) is 3.95. The van der Waals surface area contributed by atoms with Crippen molar-refractivity contribution >= 4 is 32.5 Å². The minimum atomic E-state index is -1.82. The van der Waals surface area contributed by atoms with E-state index in [1.807, 2.05) is 0 Å². The molecule has 102 valence electrons. The predicted molar refractivity (Wildman–Crippen MR) is 66.7 cm³/mol. The van der Waals surface area contributed by atoms with Crippen molar-refractivity contribution in [2.75, 3.05) is 26.7 Å². The van der Waals surface area contributed by atoms with Gasteiger partial charge in [-0.3, -0.25) is 0 Å². The molecule has 0 aromatic rings. The molecule has 0 spiro atoms. The van der Waals surface area contributed by atoms with Gasteiger partial charge in [0.05, 0.1) is 0 Å². The molecule has 0 amide bonds. The molecule has 0 saturated carbocycles. The Morgan fingerprint density at radius 1 is 1.33 bits per heavy atom. The number of hydrogen-bond donors (Lipinski definition) is 2. The van der Waals surface area contributed by atoms with Crippen LogP contribution in [0.3, 0.4) is 0 Å². The number of hydrogen-bond acceptors (Lipinski definition) is 5. The first-order chi connectivity index (χ1) is 8.45. The summed E-state index contributed by atoms with van der Waals surface area (Å²) < 4.78 is 0.984. The Morgan fingerprint density at radius 3 is 2.28 bits per heavy atom. The summed E-state index contributed by atoms with van der Waals surface area (Å²) in [4.78, 5) is 25.4. The van der Waals surface area contributed by atoms with E-state index < -0.39 is 11.9 Å². The molecule has 2 N–H and O–H groups in total. The summed E-state index contributed by atoms with van der Waals surface area (Å²) in [6, 6.07) is 0. The van der Waals surface area contributed by atoms with Crippen molar-refractivity contribution in [2.24, 2.45) is 17.0 Å². The summed E-state index contributed by atoms with van der Waals surface area (Å²) >= 11 is 3.46. The number of aliphatic carboxylic acids is 2. The Balaban J connectivity index is 0.000000232. The normalized spacial score (nSPS) is 29.4. The van der Waals surface area contributed by atoms with Crippen LogP contribution in [0.1, 0.15) is 6.42 Å². The van der Waals surface area contributed by atoms with Crippen molar-refractivity contribution in [1.29, 1.82) is 0 Å². The van der Waals surface area contributed by atoms with Gasteiger partial charge < -0.3 is 20.0 Å². The number of carbonyl (C=O) groups is 2. The number of nitrogens with zero attached hydrogens (tertiary/aromatic N) is 2. The van der Waals surface area contributed by atoms with Gasteiger partial charge in [0.25, 0.3) is 0 Å². The molecule has 2 saturated heterocycles. The molecule has 0 radical (unpaired) electrons. The van der Waals surface area contributed by atoms with E-state index >= 15 is 0 Å². The largest absolute Gasteiger partial charge is 0.473 e. The fourth-order valence-corrected chi connectivity index (χ4v) is 2.87. The van der Waals surface area contributed by atoms with Crippen molar-refractivity contribution < 1.29 is 24.6 Å². The van der Waals surface area contributed by atoms with E-state index in [-0.39, 0.29) is 0 Å². The lowest BCUT2D eigenvalue weighted by Gasteiger charge is -2.19. The van der Waals surface area contributed by atoms with Crippen molar-refractivity contribution in [3.05, 3.63) is 0 Å². The van der Waals surface area contributed by atoms with Crippen LogP contribution in [0.25, 0.3) is 0 Å². The molecule has 3 unspecified atom stereocenters. The Kier molecular flexibility index (Phi) is 5.54. The first-order valence-electron chi connectivity index (χ1n) is 5.40. The van der Waals surface area contributed by atoms with Gasteiger partial charge in [-0.2, -0.15) is 0 Å². The van der Waals surface area contributed by atoms with E-state index in [9.17, 15) is 0 Å². The summed E-state index contributed by atoms with van der Waals surface area (Å²) in [6.45, 7) is 3.67. The number of carboxylic acid groups (broad SMARTS) is 2. The van der Waals surface area contributed by atoms with Gasteiger partial charge in [-0.25, -0.2) is 9.59 Å². The maximum atomic E-state index is 9.10. The Bertz CT molecular complexity index is 348. The van der Waals surface area contributed by atoms with Crippen LogP contribution in [0.4, 0.5) is 0 Å². The number of oxime groups is 1. The van der Waals surface area contributed by atoms with Gasteiger partial charge in [0, 0.05) is 19.0 Å². The SMILES string of the molecule is CON=C(Br)C1CN2CCC1C2.O=C(O)C(=O)O. The van der Waals surface area contributed by atoms with Crippen LogP contribution in [0.5, 0.6) is 0 Å². The molecule has 18 heavy (non-hydrogen) atoms. The Hall–Kier alpha value is -1.15. The lowest BCUT2D eigenvalue weighted by Crippen LogP contribution is -2.27. The molecular weight excluding hydrogens is 308 g/mol. The number of halogens is 1. The summed E-state index contributed by atoms with van der Waals surface area (Å²) in [6.07, 6.45) is 1.32. The zero-order valence-corrected chi connectivity index (χ0v) is 11.5. The molecule has 0 aliphatic carbocycles. The molecule has 8 heteroatoms. The standard InChI is InChI=1S/C8H13BrN2O.C2H2O4/c1-12-10-8(9)7-5-11-3-2-6(7)4-11;3-1(4)2(5)6/h6-7H,2-5H2,1H3;(H,3,4)(H,5,6). The van der Waals surface area contributed by atoms with Gasteiger partial charge >= 0.3 is 11.9 Å². The number of piperidine rings is 1. The smallest absolute Gasteiger partial charge is 0.414 e. The number of carboxylic acids is 2. The van der Waals surface area contributed by atoms with Gasteiger partial charge in [0.15, 0.2) is 0 Å². The van der Waals surface area contributed by atoms with Crippen molar-refractivity contribution in [1.82, 2.24) is 4.90 Å². The molecule has 0 aromatic heterocycles. The van der Waals surface area contributed by atoms with Gasteiger partial charge in [-0.05, 0) is 34.8 Å². The average molecular weight is 323 g/mol. The molecule has 0 aromatic carbocycles. The summed E-state index contributed by atoms with van der Waals surface area (Å²) in [5.41, 5.74) is 0. The second-order valence-electron chi connectivity index (χ2n) is 4.12. The molecule has 2 heterocycles. The average Bonchev–Trinajstić information content (AvgIpc) is 2.91. The second-order valence-corrected chi connectivity index (χ2v) is 4.93. The molecule has 2 rings (SSSR count). The van der Waals surface area contributed by atoms with Crippen molar-refractivity contribution in [2.45, 2.75) is 6.42 Å². The lowest BCUT2D eigenvalue weighted by atomic mass is 9.94. The molecule has 2 bridgehead atoms. The number of rotatable bonds is 2. The van der Waals surface area contributed by atoms with Crippen molar-refractivity contribution in [3.8, 4) is 0 Å². The fourth-order valence-electron chi connectivity index (χ4n) is 2.21. The highest BCUT2D eigenvalue weighted by Crippen LogP contribution is 2.34. The van der Waals surface area contributed by atoms with Gasteiger partial charge in [-0.1, -0.05) is 5.16 Å². The molecule has 2 aliphatic rings. The molecule has 7 nitrogen and oxygen atoms in total. The summed E-state index contributed by atoms with van der Waals surface area (Å²) in [5.74, 6) is -2.26. The third-order valence-corrected chi connectivity index (χ3v) is 3.73. The zero-order chi connectivity index (χ0) is 13.7. The van der Waals surface area contributed by atoms with Crippen LogP contribution >= 0.6 is 15.9 Å². The predicted octanol–water partition coefficient (Wildman–Crippen LogP) is 0.448. The van der Waals surface area contributed by atoms with E-state index in [2.05, 4.69) is 26.0 Å². The Labute approximate surface area is 113 Å². The Morgan fingerprint density at radius 2 is 1.94 bits per heavy atom. The second kappa shape index (κ2) is 6.69. The van der Waals surface area contributed by atoms with Gasteiger partial charge in [0.1, 0.15) is 11.7 Å². The van der Waals surface area contributed by atoms with E-state index in [0.717, 1.165) is 17.1 Å². The summed E-state index contributed by atoms with van der Waals surface area (Å²) in [7, 11) is 1.59. The van der Waals surface area contributed by atoms with E-state index in [1.54, 1.807) is 7.11 Å². The van der Waals surface area contributed by atoms with Crippen LogP contribution in [-0.2, 0) is 14.4 Å². The molecule has 2 fully saturated rings. The van der Waals surface area contributed by atoms with Crippen molar-refractivity contribution in [3.63, 3.8) is 0 Å². The van der Waals surface area contributed by atoms with Crippen LogP contribution < -0.4 is 0 Å². The highest BCUT2D eigenvalue weighted by atomic mass is 79.9. The van der Waals surface area contributed by atoms with Gasteiger partial charge in [0.2, 0.25) is 0 Å². The molecule has 3 atom stereocenters. The van der Waals surface area contributed by atoms with Crippen LogP contribution in [0.2, 0.25) is 0 Å². The van der Waals surface area contributed by atoms with E-state index in [1.165, 1.54) is 19.5 Å². The monoisotopic (exact) mass is 322 g/mol. The molecular formula is C10H15BrN2O5. The maximum absolute atomic E-state index is 9.10.